The highest BCUT2D eigenvalue weighted by molar-refractivity contribution is 5.94. The molecule has 0 atom stereocenters. The van der Waals surface area contributed by atoms with Gasteiger partial charge < -0.3 is 19.1 Å². The summed E-state index contributed by atoms with van der Waals surface area (Å²) >= 11 is 0. The summed E-state index contributed by atoms with van der Waals surface area (Å²) in [5.74, 6) is 1.81. The second kappa shape index (κ2) is 7.68. The van der Waals surface area contributed by atoms with Crippen molar-refractivity contribution in [2.24, 2.45) is 0 Å². The zero-order chi connectivity index (χ0) is 18.7. The normalized spacial score (nSPS) is 13.2. The summed E-state index contributed by atoms with van der Waals surface area (Å²) in [4.78, 5) is 15.0. The maximum atomic E-state index is 13.1. The van der Waals surface area contributed by atoms with Crippen molar-refractivity contribution in [3.63, 3.8) is 0 Å². The van der Waals surface area contributed by atoms with Crippen LogP contribution in [0.4, 0.5) is 0 Å². The lowest BCUT2D eigenvalue weighted by Crippen LogP contribution is -2.32. The monoisotopic (exact) mass is 355 g/mol. The Balaban J connectivity index is 1.90. The van der Waals surface area contributed by atoms with Crippen molar-refractivity contribution in [1.29, 1.82) is 0 Å². The van der Waals surface area contributed by atoms with E-state index in [4.69, 9.17) is 14.2 Å². The second-order valence-electron chi connectivity index (χ2n) is 6.57. The number of benzene rings is 2. The molecule has 1 amide bonds. The quantitative estimate of drug-likeness (QED) is 0.757. The van der Waals surface area contributed by atoms with Gasteiger partial charge in [-0.1, -0.05) is 17.7 Å². The van der Waals surface area contributed by atoms with Gasteiger partial charge in [-0.05, 0) is 49.6 Å². The first-order valence-electron chi connectivity index (χ1n) is 8.74. The van der Waals surface area contributed by atoms with Crippen LogP contribution in [0.15, 0.2) is 36.4 Å². The number of aryl methyl sites for hydroxylation is 1. The fraction of sp³-hybridized carbons (Fsp3) is 0.381. The number of hydrogen-bond donors (Lipinski definition) is 0. The van der Waals surface area contributed by atoms with Gasteiger partial charge in [-0.25, -0.2) is 0 Å². The summed E-state index contributed by atoms with van der Waals surface area (Å²) in [5.41, 5.74) is 2.76. The minimum absolute atomic E-state index is 0.0601. The summed E-state index contributed by atoms with van der Waals surface area (Å²) in [6.45, 7) is 2.51. The Morgan fingerprint density at radius 3 is 2.19 bits per heavy atom. The number of amides is 1. The molecule has 1 aliphatic rings. The Hall–Kier alpha value is -2.69. The van der Waals surface area contributed by atoms with Crippen LogP contribution in [0, 0.1) is 6.92 Å². The average molecular weight is 355 g/mol. The van der Waals surface area contributed by atoms with Crippen LogP contribution in [0.1, 0.15) is 34.3 Å². The number of nitrogens with zero attached hydrogens (tertiary/aromatic N) is 1. The molecule has 3 rings (SSSR count). The van der Waals surface area contributed by atoms with Gasteiger partial charge in [0.1, 0.15) is 0 Å². The van der Waals surface area contributed by atoms with Crippen LogP contribution < -0.4 is 14.2 Å². The van der Waals surface area contributed by atoms with Crippen molar-refractivity contribution >= 4 is 5.91 Å². The van der Waals surface area contributed by atoms with E-state index in [1.807, 2.05) is 48.2 Å². The lowest BCUT2D eigenvalue weighted by atomic mass is 10.1. The van der Waals surface area contributed by atoms with Gasteiger partial charge in [0.2, 0.25) is 5.75 Å². The maximum Gasteiger partial charge on any atom is 0.254 e. The molecule has 2 aromatic carbocycles. The highest BCUT2D eigenvalue weighted by atomic mass is 16.5. The molecule has 5 heteroatoms. The Bertz CT molecular complexity index is 773. The number of methoxy groups -OCH3 is 3. The van der Waals surface area contributed by atoms with Crippen molar-refractivity contribution in [3.8, 4) is 17.2 Å². The molecule has 0 aromatic heterocycles. The predicted molar refractivity (Wildman–Crippen MR) is 100 cm³/mol. The molecule has 0 heterocycles. The lowest BCUT2D eigenvalue weighted by Gasteiger charge is -2.24. The van der Waals surface area contributed by atoms with Gasteiger partial charge in [-0.15, -0.1) is 0 Å². The van der Waals surface area contributed by atoms with E-state index in [0.29, 0.717) is 29.8 Å². The summed E-state index contributed by atoms with van der Waals surface area (Å²) in [7, 11) is 4.77. The number of ether oxygens (including phenoxy) is 3. The van der Waals surface area contributed by atoms with Crippen LogP contribution in [-0.2, 0) is 6.54 Å². The maximum absolute atomic E-state index is 13.1. The molecule has 0 aliphatic heterocycles. The standard InChI is InChI=1S/C21H25NO4/c1-14-6-5-7-16(10-14)21(23)22(17-8-9-17)13-15-11-18(24-2)20(26-4)19(12-15)25-3/h5-7,10-12,17H,8-9,13H2,1-4H3. The van der Waals surface area contributed by atoms with E-state index in [9.17, 15) is 4.79 Å². The first kappa shape index (κ1) is 18.1. The Morgan fingerprint density at radius 2 is 1.69 bits per heavy atom. The number of rotatable bonds is 7. The van der Waals surface area contributed by atoms with Crippen LogP contribution in [0.3, 0.4) is 0 Å². The first-order chi connectivity index (χ1) is 12.6. The van der Waals surface area contributed by atoms with Crippen molar-refractivity contribution in [3.05, 3.63) is 53.1 Å². The van der Waals surface area contributed by atoms with E-state index in [2.05, 4.69) is 0 Å². The van der Waals surface area contributed by atoms with Gasteiger partial charge in [0.25, 0.3) is 5.91 Å². The molecule has 26 heavy (non-hydrogen) atoms. The van der Waals surface area contributed by atoms with E-state index in [0.717, 1.165) is 29.5 Å². The van der Waals surface area contributed by atoms with Crippen LogP contribution in [-0.4, -0.2) is 38.2 Å². The molecule has 2 aromatic rings. The van der Waals surface area contributed by atoms with Gasteiger partial charge in [0.15, 0.2) is 11.5 Å². The van der Waals surface area contributed by atoms with E-state index >= 15 is 0 Å². The van der Waals surface area contributed by atoms with Gasteiger partial charge in [0, 0.05) is 18.2 Å². The molecule has 0 N–H and O–H groups in total. The predicted octanol–water partition coefficient (Wildman–Crippen LogP) is 3.83. The van der Waals surface area contributed by atoms with Gasteiger partial charge in [-0.2, -0.15) is 0 Å². The highest BCUT2D eigenvalue weighted by Gasteiger charge is 2.33. The molecule has 1 fully saturated rings. The molecule has 0 saturated heterocycles. The fourth-order valence-electron chi connectivity index (χ4n) is 3.12. The molecule has 0 spiro atoms. The van der Waals surface area contributed by atoms with Crippen LogP contribution >= 0.6 is 0 Å². The molecule has 0 unspecified atom stereocenters. The Kier molecular flexibility index (Phi) is 5.35. The summed E-state index contributed by atoms with van der Waals surface area (Å²) in [6.07, 6.45) is 2.09. The van der Waals surface area contributed by atoms with Crippen molar-refractivity contribution < 1.29 is 19.0 Å². The van der Waals surface area contributed by atoms with Gasteiger partial charge in [0.05, 0.1) is 21.3 Å². The Morgan fingerprint density at radius 1 is 1.04 bits per heavy atom. The number of carbonyl (C=O) groups is 1. The van der Waals surface area contributed by atoms with E-state index in [1.165, 1.54) is 0 Å². The summed E-state index contributed by atoms with van der Waals surface area (Å²) in [6, 6.07) is 11.8. The topological polar surface area (TPSA) is 48.0 Å². The van der Waals surface area contributed by atoms with E-state index in [-0.39, 0.29) is 5.91 Å². The van der Waals surface area contributed by atoms with Crippen LogP contribution in [0.25, 0.3) is 0 Å². The third-order valence-corrected chi connectivity index (χ3v) is 4.59. The van der Waals surface area contributed by atoms with Crippen LogP contribution in [0.2, 0.25) is 0 Å². The second-order valence-corrected chi connectivity index (χ2v) is 6.57. The average Bonchev–Trinajstić information content (AvgIpc) is 3.49. The minimum Gasteiger partial charge on any atom is -0.493 e. The largest absolute Gasteiger partial charge is 0.493 e. The summed E-state index contributed by atoms with van der Waals surface area (Å²) in [5, 5.41) is 0. The third-order valence-electron chi connectivity index (χ3n) is 4.59. The SMILES string of the molecule is COc1cc(CN(C(=O)c2cccc(C)c2)C2CC2)cc(OC)c1OC. The first-order valence-corrected chi connectivity index (χ1v) is 8.74. The Labute approximate surface area is 154 Å². The highest BCUT2D eigenvalue weighted by Crippen LogP contribution is 2.39. The number of carbonyl (C=O) groups excluding carboxylic acids is 1. The molecular weight excluding hydrogens is 330 g/mol. The molecular formula is C21H25NO4. The molecule has 0 bridgehead atoms. The van der Waals surface area contributed by atoms with Crippen molar-refractivity contribution in [1.82, 2.24) is 4.90 Å². The smallest absolute Gasteiger partial charge is 0.254 e. The van der Waals surface area contributed by atoms with Crippen molar-refractivity contribution in [2.45, 2.75) is 32.4 Å². The molecule has 1 saturated carbocycles. The number of hydrogen-bond acceptors (Lipinski definition) is 4. The fourth-order valence-corrected chi connectivity index (χ4v) is 3.12. The molecule has 5 nitrogen and oxygen atoms in total. The minimum atomic E-state index is 0.0601. The van der Waals surface area contributed by atoms with Gasteiger partial charge >= 0.3 is 0 Å². The van der Waals surface area contributed by atoms with Gasteiger partial charge in [-0.3, -0.25) is 4.79 Å². The lowest BCUT2D eigenvalue weighted by molar-refractivity contribution is 0.0729. The molecule has 138 valence electrons. The zero-order valence-corrected chi connectivity index (χ0v) is 15.7. The van der Waals surface area contributed by atoms with Crippen molar-refractivity contribution in [2.75, 3.05) is 21.3 Å². The molecule has 1 aliphatic carbocycles. The molecule has 0 radical (unpaired) electrons. The zero-order valence-electron chi connectivity index (χ0n) is 15.7. The van der Waals surface area contributed by atoms with E-state index in [1.54, 1.807) is 21.3 Å². The summed E-state index contributed by atoms with van der Waals surface area (Å²) < 4.78 is 16.2. The van der Waals surface area contributed by atoms with Crippen LogP contribution in [0.5, 0.6) is 17.2 Å². The third kappa shape index (κ3) is 3.77. The van der Waals surface area contributed by atoms with E-state index < -0.39 is 0 Å².